The molecule has 10 heavy (non-hydrogen) atoms. The third-order valence-corrected chi connectivity index (χ3v) is 0.707. The number of hydrogen-bond acceptors (Lipinski definition) is 0. The predicted octanol–water partition coefficient (Wildman–Crippen LogP) is 2.41. The van der Waals surface area contributed by atoms with Crippen LogP contribution in [0.3, 0.4) is 0 Å². The van der Waals surface area contributed by atoms with Gasteiger partial charge in [-0.1, -0.05) is 26.7 Å². The van der Waals surface area contributed by atoms with Gasteiger partial charge in [0.15, 0.2) is 0 Å². The van der Waals surface area contributed by atoms with Crippen molar-refractivity contribution >= 4 is 0 Å². The Morgan fingerprint density at radius 1 is 0.900 bits per heavy atom. The molecule has 2 heteroatoms. The second kappa shape index (κ2) is 33.6. The van der Waals surface area contributed by atoms with Crippen molar-refractivity contribution in [2.45, 2.75) is 39.5 Å². The predicted molar refractivity (Wildman–Crippen MR) is 44.1 cm³/mol. The number of rotatable bonds is 2. The molecule has 2 N–H and O–H groups in total. The van der Waals surface area contributed by atoms with Crippen LogP contribution in [0.5, 0.6) is 0 Å². The number of unbranched alkanes of at least 4 members (excludes halogenated alkanes) is 2. The molecule has 0 aliphatic rings. The summed E-state index contributed by atoms with van der Waals surface area (Å²) >= 11 is 0. The molecule has 0 radical (unpaired) electrons. The van der Waals surface area contributed by atoms with Gasteiger partial charge in [-0.05, 0) is 0 Å². The Bertz CT molecular complexity index is 17.2. The molecule has 0 heterocycles. The topological polar surface area (TPSA) is 31.5 Å². The summed E-state index contributed by atoms with van der Waals surface area (Å²) in [7, 11) is 0. The van der Waals surface area contributed by atoms with Gasteiger partial charge in [-0.15, -0.1) is 0 Å². The Hall–Kier alpha value is 0.583. The fourth-order valence-corrected chi connectivity index (χ4v) is 0. The second-order valence-electron chi connectivity index (χ2n) is 1.71. The number of hydrogen-bond donors (Lipinski definition) is 0. The molecule has 0 aromatic rings. The quantitative estimate of drug-likeness (QED) is 0.481. The van der Waals surface area contributed by atoms with Crippen LogP contribution in [0, 0.1) is 13.8 Å². The van der Waals surface area contributed by atoms with E-state index < -0.39 is 0 Å². The molecule has 0 aliphatic carbocycles. The van der Waals surface area contributed by atoms with Crippen LogP contribution in [0.25, 0.3) is 0 Å². The zero-order valence-corrected chi connectivity index (χ0v) is 10.4. The van der Waals surface area contributed by atoms with Crippen LogP contribution >= 0.6 is 0 Å². The van der Waals surface area contributed by atoms with Crippen LogP contribution in [-0.4, -0.2) is 5.48 Å². The minimum atomic E-state index is 0. The summed E-state index contributed by atoms with van der Waals surface area (Å²) in [6.07, 6.45) is 4.56. The van der Waals surface area contributed by atoms with Crippen molar-refractivity contribution < 1.29 is 25.0 Å². The van der Waals surface area contributed by atoms with E-state index in [-0.39, 0.29) is 25.0 Å². The maximum Gasteiger partial charge on any atom is 2.00 e. The summed E-state index contributed by atoms with van der Waals surface area (Å²) in [5, 5.41) is 0. The molecule has 0 aliphatic heterocycles. The molecule has 0 atom stereocenters. The zero-order chi connectivity index (χ0) is 6.83. The molecule has 0 amide bonds. The summed E-state index contributed by atoms with van der Waals surface area (Å²) in [4.78, 5) is 0. The van der Waals surface area contributed by atoms with Gasteiger partial charge in [-0.25, -0.2) is 0 Å². The van der Waals surface area contributed by atoms with E-state index in [2.05, 4.69) is 27.7 Å². The second-order valence-corrected chi connectivity index (χ2v) is 1.71. The molecule has 0 unspecified atom stereocenters. The van der Waals surface area contributed by atoms with Gasteiger partial charge in [-0.3, -0.25) is 0 Å². The van der Waals surface area contributed by atoms with Crippen LogP contribution in [0.1, 0.15) is 39.5 Å². The normalized spacial score (nSPS) is 6.00. The fourth-order valence-electron chi connectivity index (χ4n) is 0. The Morgan fingerprint density at radius 2 is 1.00 bits per heavy atom. The smallest absolute Gasteiger partial charge is 0.412 e. The van der Waals surface area contributed by atoms with E-state index in [1.54, 1.807) is 0 Å². The zero-order valence-electron chi connectivity index (χ0n) is 7.45. The van der Waals surface area contributed by atoms with Gasteiger partial charge < -0.3 is 19.3 Å². The monoisotopic (exact) mass is 196 g/mol. The van der Waals surface area contributed by atoms with E-state index >= 15 is 0 Å². The van der Waals surface area contributed by atoms with Gasteiger partial charge in [0.05, 0.1) is 0 Å². The molecule has 0 rings (SSSR count). The van der Waals surface area contributed by atoms with Crippen molar-refractivity contribution in [3.63, 3.8) is 0 Å². The van der Waals surface area contributed by atoms with E-state index in [1.165, 1.54) is 12.8 Å². The van der Waals surface area contributed by atoms with Crippen molar-refractivity contribution in [1.29, 1.82) is 0 Å². The van der Waals surface area contributed by atoms with Crippen LogP contribution in [0.4, 0.5) is 0 Å². The van der Waals surface area contributed by atoms with Gasteiger partial charge in [0.25, 0.3) is 0 Å². The van der Waals surface area contributed by atoms with Gasteiger partial charge in [-0.2, -0.15) is 12.8 Å². The average Bonchev–Trinajstić information content (AvgIpc) is 1.88. The molecule has 0 bridgehead atoms. The van der Waals surface area contributed by atoms with Crippen LogP contribution in [-0.2, 0) is 19.5 Å². The Morgan fingerprint density at radius 3 is 1.00 bits per heavy atom. The van der Waals surface area contributed by atoms with Crippen molar-refractivity contribution in [2.24, 2.45) is 0 Å². The fraction of sp³-hybridized carbons (Fsp3) is 0.750. The summed E-state index contributed by atoms with van der Waals surface area (Å²) in [5.74, 6) is 0. The van der Waals surface area contributed by atoms with E-state index in [9.17, 15) is 0 Å². The Labute approximate surface area is 78.7 Å². The summed E-state index contributed by atoms with van der Waals surface area (Å²) in [5.41, 5.74) is 0. The largest absolute Gasteiger partial charge is 2.00 e. The van der Waals surface area contributed by atoms with Crippen LogP contribution in [0.15, 0.2) is 0 Å². The van der Waals surface area contributed by atoms with E-state index in [0.717, 1.165) is 12.8 Å². The van der Waals surface area contributed by atoms with Gasteiger partial charge in [0, 0.05) is 0 Å². The SMILES string of the molecule is O.[CH2-]CCC.[CH2-]CCC.[Zn+2]. The third-order valence-electron chi connectivity index (χ3n) is 0.707. The van der Waals surface area contributed by atoms with Gasteiger partial charge in [0.2, 0.25) is 0 Å². The summed E-state index contributed by atoms with van der Waals surface area (Å²) in [6, 6.07) is 0. The van der Waals surface area contributed by atoms with Gasteiger partial charge in [0.1, 0.15) is 0 Å². The third kappa shape index (κ3) is 74.0. The average molecular weight is 198 g/mol. The molecule has 0 saturated carbocycles. The molecule has 0 aromatic heterocycles. The molecular weight excluding hydrogens is 177 g/mol. The maximum absolute atomic E-state index is 3.60. The first-order valence-electron chi connectivity index (χ1n) is 3.41. The Kier molecular flexibility index (Phi) is 75.4. The van der Waals surface area contributed by atoms with E-state index in [4.69, 9.17) is 0 Å². The van der Waals surface area contributed by atoms with Crippen molar-refractivity contribution in [3.05, 3.63) is 13.8 Å². The van der Waals surface area contributed by atoms with Gasteiger partial charge >= 0.3 is 19.5 Å². The first kappa shape index (κ1) is 22.4. The molecule has 0 aromatic carbocycles. The standard InChI is InChI=1S/2C4H9.H2O.Zn/c2*1-3-4-2;;/h2*1,3-4H2,2H3;1H2;/q2*-1;;+2. The molecular formula is C8H20OZn. The molecule has 0 spiro atoms. The van der Waals surface area contributed by atoms with Crippen molar-refractivity contribution in [2.75, 3.05) is 0 Å². The van der Waals surface area contributed by atoms with E-state index in [0.29, 0.717) is 0 Å². The maximum atomic E-state index is 3.60. The van der Waals surface area contributed by atoms with Crippen LogP contribution in [0.2, 0.25) is 0 Å². The molecule has 0 saturated heterocycles. The minimum absolute atomic E-state index is 0. The summed E-state index contributed by atoms with van der Waals surface area (Å²) in [6.45, 7) is 11.4. The molecule has 60 valence electrons. The summed E-state index contributed by atoms with van der Waals surface area (Å²) < 4.78 is 0. The molecule has 1 nitrogen and oxygen atoms in total. The van der Waals surface area contributed by atoms with Crippen LogP contribution < -0.4 is 0 Å². The van der Waals surface area contributed by atoms with Crippen molar-refractivity contribution in [3.8, 4) is 0 Å². The molecule has 0 fully saturated rings. The Balaban J connectivity index is -0.0000000300. The first-order valence-corrected chi connectivity index (χ1v) is 3.41. The van der Waals surface area contributed by atoms with E-state index in [1.807, 2.05) is 0 Å². The first-order chi connectivity index (χ1) is 3.83. The van der Waals surface area contributed by atoms with Crippen molar-refractivity contribution in [1.82, 2.24) is 0 Å². The minimum Gasteiger partial charge on any atom is -0.412 e.